The number of aromatic amines is 2. The lowest BCUT2D eigenvalue weighted by Crippen LogP contribution is -2.38. The number of hydrogen-bond acceptors (Lipinski definition) is 6. The molecule has 3 N–H and O–H groups in total. The average molecular weight is 473 g/mol. The molecule has 0 aliphatic carbocycles. The van der Waals surface area contributed by atoms with Crippen LogP contribution in [0.15, 0.2) is 53.3 Å². The third kappa shape index (κ3) is 5.25. The molecule has 180 valence electrons. The number of nitrogens with one attached hydrogen (secondary N) is 3. The van der Waals surface area contributed by atoms with Gasteiger partial charge in [-0.2, -0.15) is 0 Å². The third-order valence-corrected chi connectivity index (χ3v) is 6.23. The lowest BCUT2D eigenvalue weighted by Gasteiger charge is -2.27. The second-order valence-corrected chi connectivity index (χ2v) is 8.63. The summed E-state index contributed by atoms with van der Waals surface area (Å²) in [5.41, 5.74) is 4.92. The van der Waals surface area contributed by atoms with Crippen molar-refractivity contribution in [1.29, 1.82) is 0 Å². The SMILES string of the molecule is Cc1nc(N2CCOCC2)[nH]c(=O)c1CCC(=O)NCc1ccc(-c2nc3ccccc3[nH]2)cc1. The summed E-state index contributed by atoms with van der Waals surface area (Å²) < 4.78 is 5.35. The highest BCUT2D eigenvalue weighted by Crippen LogP contribution is 2.20. The number of ether oxygens (including phenoxy) is 1. The first-order valence-electron chi connectivity index (χ1n) is 11.8. The van der Waals surface area contributed by atoms with Gasteiger partial charge in [-0.3, -0.25) is 14.6 Å². The molecule has 9 nitrogen and oxygen atoms in total. The molecule has 0 bridgehead atoms. The number of carbonyl (C=O) groups is 1. The number of fused-ring (bicyclic) bond motifs is 1. The number of aryl methyl sites for hydroxylation is 1. The maximum Gasteiger partial charge on any atom is 0.255 e. The van der Waals surface area contributed by atoms with E-state index in [1.165, 1.54) is 0 Å². The Labute approximate surface area is 202 Å². The zero-order valence-electron chi connectivity index (χ0n) is 19.6. The molecule has 0 spiro atoms. The lowest BCUT2D eigenvalue weighted by atomic mass is 10.1. The summed E-state index contributed by atoms with van der Waals surface area (Å²) in [4.78, 5) is 42.4. The fourth-order valence-electron chi connectivity index (χ4n) is 4.21. The largest absolute Gasteiger partial charge is 0.378 e. The summed E-state index contributed by atoms with van der Waals surface area (Å²) >= 11 is 0. The van der Waals surface area contributed by atoms with Crippen LogP contribution in [0, 0.1) is 6.92 Å². The molecule has 9 heteroatoms. The number of H-pyrrole nitrogens is 2. The third-order valence-electron chi connectivity index (χ3n) is 6.23. The average Bonchev–Trinajstić information content (AvgIpc) is 3.32. The minimum Gasteiger partial charge on any atom is -0.378 e. The summed E-state index contributed by atoms with van der Waals surface area (Å²) in [7, 11) is 0. The Kier molecular flexibility index (Phi) is 6.58. The molecule has 1 aliphatic rings. The van der Waals surface area contributed by atoms with Crippen LogP contribution in [0.5, 0.6) is 0 Å². The molecule has 1 saturated heterocycles. The number of aromatic nitrogens is 4. The van der Waals surface area contributed by atoms with Crippen molar-refractivity contribution < 1.29 is 9.53 Å². The van der Waals surface area contributed by atoms with E-state index < -0.39 is 0 Å². The van der Waals surface area contributed by atoms with Crippen molar-refractivity contribution in [2.75, 3.05) is 31.2 Å². The van der Waals surface area contributed by atoms with Crippen molar-refractivity contribution >= 4 is 22.9 Å². The van der Waals surface area contributed by atoms with Crippen LogP contribution in [-0.4, -0.2) is 52.1 Å². The Bertz CT molecular complexity index is 1350. The second-order valence-electron chi connectivity index (χ2n) is 8.63. The first-order valence-corrected chi connectivity index (χ1v) is 11.8. The normalized spacial score (nSPS) is 13.8. The highest BCUT2D eigenvalue weighted by atomic mass is 16.5. The number of carbonyl (C=O) groups excluding carboxylic acids is 1. The van der Waals surface area contributed by atoms with Crippen molar-refractivity contribution in [2.45, 2.75) is 26.3 Å². The first kappa shape index (κ1) is 22.8. The smallest absolute Gasteiger partial charge is 0.255 e. The summed E-state index contributed by atoms with van der Waals surface area (Å²) in [6.07, 6.45) is 0.563. The molecule has 0 atom stereocenters. The van der Waals surface area contributed by atoms with Gasteiger partial charge in [0.05, 0.1) is 24.2 Å². The Morgan fingerprint density at radius 2 is 1.83 bits per heavy atom. The predicted molar refractivity (Wildman–Crippen MR) is 134 cm³/mol. The summed E-state index contributed by atoms with van der Waals surface area (Å²) in [5, 5.41) is 2.93. The predicted octanol–water partition coefficient (Wildman–Crippen LogP) is 2.71. The maximum absolute atomic E-state index is 12.6. The van der Waals surface area contributed by atoms with Crippen molar-refractivity contribution in [1.82, 2.24) is 25.3 Å². The number of rotatable bonds is 7. The molecular weight excluding hydrogens is 444 g/mol. The van der Waals surface area contributed by atoms with E-state index in [0.717, 1.165) is 28.0 Å². The van der Waals surface area contributed by atoms with Crippen molar-refractivity contribution in [3.05, 3.63) is 75.7 Å². The van der Waals surface area contributed by atoms with Gasteiger partial charge in [0.15, 0.2) is 0 Å². The molecule has 1 amide bonds. The minimum absolute atomic E-state index is 0.109. The van der Waals surface area contributed by atoms with E-state index in [4.69, 9.17) is 4.74 Å². The molecule has 0 unspecified atom stereocenters. The molecule has 2 aromatic carbocycles. The molecule has 1 fully saturated rings. The number of amides is 1. The Balaban J connectivity index is 1.15. The van der Waals surface area contributed by atoms with Gasteiger partial charge in [-0.25, -0.2) is 9.97 Å². The van der Waals surface area contributed by atoms with E-state index in [2.05, 4.69) is 25.3 Å². The summed E-state index contributed by atoms with van der Waals surface area (Å²) in [5.74, 6) is 1.27. The van der Waals surface area contributed by atoms with E-state index in [0.29, 0.717) is 56.5 Å². The Hall–Kier alpha value is -3.98. The van der Waals surface area contributed by atoms with Crippen LogP contribution in [0.1, 0.15) is 23.2 Å². The fourth-order valence-corrected chi connectivity index (χ4v) is 4.21. The van der Waals surface area contributed by atoms with Crippen LogP contribution in [0.25, 0.3) is 22.4 Å². The molecule has 0 saturated carbocycles. The number of morpholine rings is 1. The van der Waals surface area contributed by atoms with Crippen LogP contribution in [-0.2, 0) is 22.5 Å². The molecule has 5 rings (SSSR count). The molecule has 4 aromatic rings. The van der Waals surface area contributed by atoms with Crippen LogP contribution in [0.4, 0.5) is 5.95 Å². The van der Waals surface area contributed by atoms with Gasteiger partial charge in [-0.1, -0.05) is 36.4 Å². The van der Waals surface area contributed by atoms with Crippen LogP contribution >= 0.6 is 0 Å². The molecule has 2 aromatic heterocycles. The molecule has 3 heterocycles. The number of nitrogens with zero attached hydrogens (tertiary/aromatic N) is 3. The van der Waals surface area contributed by atoms with E-state index in [1.54, 1.807) is 0 Å². The van der Waals surface area contributed by atoms with Gasteiger partial charge < -0.3 is 19.9 Å². The van der Waals surface area contributed by atoms with E-state index in [-0.39, 0.29) is 17.9 Å². The fraction of sp³-hybridized carbons (Fsp3) is 0.308. The molecule has 35 heavy (non-hydrogen) atoms. The second kappa shape index (κ2) is 10.1. The van der Waals surface area contributed by atoms with E-state index in [1.807, 2.05) is 60.4 Å². The molecule has 0 radical (unpaired) electrons. The highest BCUT2D eigenvalue weighted by Gasteiger charge is 2.17. The van der Waals surface area contributed by atoms with Gasteiger partial charge in [0, 0.05) is 42.9 Å². The number of imidazole rings is 1. The van der Waals surface area contributed by atoms with Gasteiger partial charge >= 0.3 is 0 Å². The van der Waals surface area contributed by atoms with Crippen molar-refractivity contribution in [3.8, 4) is 11.4 Å². The first-order chi connectivity index (χ1) is 17.1. The van der Waals surface area contributed by atoms with Gasteiger partial charge in [-0.15, -0.1) is 0 Å². The number of para-hydroxylation sites is 2. The molecular formula is C26H28N6O3. The minimum atomic E-state index is -0.187. The van der Waals surface area contributed by atoms with Crippen molar-refractivity contribution in [2.24, 2.45) is 0 Å². The van der Waals surface area contributed by atoms with E-state index in [9.17, 15) is 9.59 Å². The van der Waals surface area contributed by atoms with Crippen LogP contribution in [0.3, 0.4) is 0 Å². The number of anilines is 1. The highest BCUT2D eigenvalue weighted by molar-refractivity contribution is 5.79. The number of benzene rings is 2. The van der Waals surface area contributed by atoms with Crippen LogP contribution in [0.2, 0.25) is 0 Å². The summed E-state index contributed by atoms with van der Waals surface area (Å²) in [6.45, 7) is 4.87. The Morgan fingerprint density at radius 3 is 2.57 bits per heavy atom. The van der Waals surface area contributed by atoms with Crippen LogP contribution < -0.4 is 15.8 Å². The monoisotopic (exact) mass is 472 g/mol. The Morgan fingerprint density at radius 1 is 1.06 bits per heavy atom. The zero-order chi connectivity index (χ0) is 24.2. The quantitative estimate of drug-likeness (QED) is 0.381. The zero-order valence-corrected chi connectivity index (χ0v) is 19.6. The molecule has 1 aliphatic heterocycles. The lowest BCUT2D eigenvalue weighted by molar-refractivity contribution is -0.121. The maximum atomic E-state index is 12.6. The standard InChI is InChI=1S/C26H28N6O3/c1-17-20(25(34)31-26(28-17)32-12-14-35-15-13-32)10-11-23(33)27-16-18-6-8-19(9-7-18)24-29-21-4-2-3-5-22(21)30-24/h2-9H,10-16H2,1H3,(H,27,33)(H,29,30)(H,28,31,34). The van der Waals surface area contributed by atoms with E-state index >= 15 is 0 Å². The summed E-state index contributed by atoms with van der Waals surface area (Å²) in [6, 6.07) is 15.9. The van der Waals surface area contributed by atoms with Crippen molar-refractivity contribution in [3.63, 3.8) is 0 Å². The topological polar surface area (TPSA) is 116 Å². The van der Waals surface area contributed by atoms with Gasteiger partial charge in [0.1, 0.15) is 5.82 Å². The van der Waals surface area contributed by atoms with Gasteiger partial charge in [0.25, 0.3) is 5.56 Å². The van der Waals surface area contributed by atoms with Gasteiger partial charge in [-0.05, 0) is 31.0 Å². The number of hydrogen-bond donors (Lipinski definition) is 3. The van der Waals surface area contributed by atoms with Gasteiger partial charge in [0.2, 0.25) is 11.9 Å².